The third kappa shape index (κ3) is 4.89. The lowest BCUT2D eigenvalue weighted by Crippen LogP contribution is -2.27. The fourth-order valence-corrected chi connectivity index (χ4v) is 3.56. The molecule has 0 aliphatic carbocycles. The van der Waals surface area contributed by atoms with Gasteiger partial charge in [-0.25, -0.2) is 4.39 Å². The molecule has 2 rings (SSSR count). The van der Waals surface area contributed by atoms with E-state index >= 15 is 0 Å². The molecule has 1 amide bonds. The summed E-state index contributed by atoms with van der Waals surface area (Å²) in [5.74, 6) is -0.573. The Bertz CT molecular complexity index is 785. The molecule has 0 spiro atoms. The minimum atomic E-state index is -0.473. The predicted octanol–water partition coefficient (Wildman–Crippen LogP) is 4.35. The molecule has 2 aromatic rings. The molecule has 6 heteroatoms. The number of ketones is 1. The third-order valence-electron chi connectivity index (χ3n) is 3.97. The number of nitrogens with one attached hydrogen (secondary N) is 1. The van der Waals surface area contributed by atoms with Crippen LogP contribution in [0.3, 0.4) is 0 Å². The van der Waals surface area contributed by atoms with Gasteiger partial charge >= 0.3 is 0 Å². The van der Waals surface area contributed by atoms with Crippen LogP contribution in [0.25, 0.3) is 0 Å². The van der Waals surface area contributed by atoms with E-state index in [0.717, 1.165) is 9.75 Å². The first-order valence-electron chi connectivity index (χ1n) is 8.05. The van der Waals surface area contributed by atoms with Crippen LogP contribution in [-0.4, -0.2) is 18.8 Å². The molecule has 0 fully saturated rings. The van der Waals surface area contributed by atoms with E-state index in [1.807, 2.05) is 19.9 Å². The maximum atomic E-state index is 13.7. The molecule has 25 heavy (non-hydrogen) atoms. The van der Waals surface area contributed by atoms with Gasteiger partial charge in [-0.2, -0.15) is 0 Å². The monoisotopic (exact) mass is 363 g/mol. The van der Waals surface area contributed by atoms with E-state index in [2.05, 4.69) is 5.32 Å². The van der Waals surface area contributed by atoms with Gasteiger partial charge in [0.25, 0.3) is 0 Å². The van der Waals surface area contributed by atoms with Crippen molar-refractivity contribution in [3.05, 3.63) is 51.0 Å². The van der Waals surface area contributed by atoms with Crippen molar-refractivity contribution in [3.63, 3.8) is 0 Å². The summed E-state index contributed by atoms with van der Waals surface area (Å²) in [4.78, 5) is 26.4. The molecule has 0 saturated heterocycles. The van der Waals surface area contributed by atoms with E-state index in [1.165, 1.54) is 19.2 Å². The SMILES string of the molecule is COc1ccc([C@H](C)NC(=O)CCC(=O)c2cc(C)sc2C)cc1F. The number of hydrogen-bond donors (Lipinski definition) is 1. The van der Waals surface area contributed by atoms with Crippen LogP contribution in [0.15, 0.2) is 24.3 Å². The van der Waals surface area contributed by atoms with Gasteiger partial charge in [0.15, 0.2) is 17.3 Å². The molecule has 1 heterocycles. The molecule has 0 radical (unpaired) electrons. The second-order valence-electron chi connectivity index (χ2n) is 5.93. The highest BCUT2D eigenvalue weighted by Crippen LogP contribution is 2.23. The summed E-state index contributed by atoms with van der Waals surface area (Å²) in [6.45, 7) is 5.63. The molecule has 4 nitrogen and oxygen atoms in total. The van der Waals surface area contributed by atoms with Crippen molar-refractivity contribution >= 4 is 23.0 Å². The van der Waals surface area contributed by atoms with Crippen LogP contribution in [0, 0.1) is 19.7 Å². The van der Waals surface area contributed by atoms with E-state index in [4.69, 9.17) is 4.74 Å². The highest BCUT2D eigenvalue weighted by atomic mass is 32.1. The van der Waals surface area contributed by atoms with Crippen molar-refractivity contribution in [1.29, 1.82) is 0 Å². The lowest BCUT2D eigenvalue weighted by Gasteiger charge is -2.15. The highest BCUT2D eigenvalue weighted by molar-refractivity contribution is 7.12. The van der Waals surface area contributed by atoms with Crippen LogP contribution in [0.1, 0.15) is 51.5 Å². The topological polar surface area (TPSA) is 55.4 Å². The summed E-state index contributed by atoms with van der Waals surface area (Å²) >= 11 is 1.58. The zero-order valence-electron chi connectivity index (χ0n) is 14.8. The molecule has 134 valence electrons. The maximum Gasteiger partial charge on any atom is 0.220 e. The number of carbonyl (C=O) groups excluding carboxylic acids is 2. The van der Waals surface area contributed by atoms with Crippen molar-refractivity contribution in [2.45, 2.75) is 39.7 Å². The van der Waals surface area contributed by atoms with Gasteiger partial charge in [0.1, 0.15) is 0 Å². The van der Waals surface area contributed by atoms with Gasteiger partial charge in [0.2, 0.25) is 5.91 Å². The Morgan fingerprint density at radius 1 is 1.24 bits per heavy atom. The number of rotatable bonds is 7. The number of halogens is 1. The average molecular weight is 363 g/mol. The summed E-state index contributed by atoms with van der Waals surface area (Å²) in [7, 11) is 1.40. The largest absolute Gasteiger partial charge is 0.494 e. The Hall–Kier alpha value is -2.21. The van der Waals surface area contributed by atoms with Crippen LogP contribution in [0.5, 0.6) is 5.75 Å². The number of Topliss-reactive ketones (excluding diaryl/α,β-unsaturated/α-hetero) is 1. The van der Waals surface area contributed by atoms with Crippen LogP contribution in [0.2, 0.25) is 0 Å². The van der Waals surface area contributed by atoms with E-state index in [-0.39, 0.29) is 36.3 Å². The number of hydrogen-bond acceptors (Lipinski definition) is 4. The van der Waals surface area contributed by atoms with E-state index in [1.54, 1.807) is 24.3 Å². The summed E-state index contributed by atoms with van der Waals surface area (Å²) in [5.41, 5.74) is 1.34. The van der Waals surface area contributed by atoms with Gasteiger partial charge in [-0.3, -0.25) is 9.59 Å². The quantitative estimate of drug-likeness (QED) is 0.744. The normalized spacial score (nSPS) is 11.9. The standard InChI is InChI=1S/C19H22FNO3S/c1-11-9-15(13(3)25-11)17(22)6-8-19(23)21-12(2)14-5-7-18(24-4)16(20)10-14/h5,7,9-10,12H,6,8H2,1-4H3,(H,21,23)/t12-/m0/s1. The minimum Gasteiger partial charge on any atom is -0.494 e. The number of benzene rings is 1. The van der Waals surface area contributed by atoms with Crippen molar-refractivity contribution in [2.24, 2.45) is 0 Å². The number of carbonyl (C=O) groups is 2. The van der Waals surface area contributed by atoms with E-state index < -0.39 is 5.82 Å². The number of thiophene rings is 1. The van der Waals surface area contributed by atoms with Crippen molar-refractivity contribution in [1.82, 2.24) is 5.32 Å². The molecule has 0 unspecified atom stereocenters. The fourth-order valence-electron chi connectivity index (χ4n) is 2.62. The molecule has 1 N–H and O–H groups in total. The van der Waals surface area contributed by atoms with E-state index in [0.29, 0.717) is 11.1 Å². The van der Waals surface area contributed by atoms with Crippen molar-refractivity contribution < 1.29 is 18.7 Å². The van der Waals surface area contributed by atoms with Crippen LogP contribution >= 0.6 is 11.3 Å². The van der Waals surface area contributed by atoms with Gasteiger partial charge in [-0.15, -0.1) is 11.3 Å². The number of methoxy groups -OCH3 is 1. The first-order valence-corrected chi connectivity index (χ1v) is 8.86. The van der Waals surface area contributed by atoms with Crippen LogP contribution in [-0.2, 0) is 4.79 Å². The first kappa shape index (κ1) is 19.1. The molecule has 0 aliphatic heterocycles. The molecule has 0 bridgehead atoms. The van der Waals surface area contributed by atoms with Crippen LogP contribution in [0.4, 0.5) is 4.39 Å². The van der Waals surface area contributed by atoms with Crippen molar-refractivity contribution in [3.8, 4) is 5.75 Å². The number of ether oxygens (including phenoxy) is 1. The Balaban J connectivity index is 1.90. The summed E-state index contributed by atoms with van der Waals surface area (Å²) < 4.78 is 18.6. The Morgan fingerprint density at radius 2 is 1.96 bits per heavy atom. The smallest absolute Gasteiger partial charge is 0.220 e. The lowest BCUT2D eigenvalue weighted by molar-refractivity contribution is -0.121. The summed E-state index contributed by atoms with van der Waals surface area (Å²) in [6, 6.07) is 6.08. The van der Waals surface area contributed by atoms with Gasteiger partial charge in [0, 0.05) is 28.2 Å². The fraction of sp³-hybridized carbons (Fsp3) is 0.368. The zero-order chi connectivity index (χ0) is 18.6. The molecule has 1 aromatic carbocycles. The first-order chi connectivity index (χ1) is 11.8. The Labute approximate surface area is 151 Å². The van der Waals surface area contributed by atoms with Crippen molar-refractivity contribution in [2.75, 3.05) is 7.11 Å². The maximum absolute atomic E-state index is 13.7. The zero-order valence-corrected chi connectivity index (χ0v) is 15.6. The molecular weight excluding hydrogens is 341 g/mol. The molecule has 1 atom stereocenters. The summed E-state index contributed by atoms with van der Waals surface area (Å²) in [6.07, 6.45) is 0.267. The molecule has 0 aliphatic rings. The van der Waals surface area contributed by atoms with Gasteiger partial charge < -0.3 is 10.1 Å². The van der Waals surface area contributed by atoms with Gasteiger partial charge in [0.05, 0.1) is 13.2 Å². The lowest BCUT2D eigenvalue weighted by atomic mass is 10.1. The van der Waals surface area contributed by atoms with Gasteiger partial charge in [-0.05, 0) is 44.5 Å². The third-order valence-corrected chi connectivity index (χ3v) is 4.94. The molecule has 0 saturated carbocycles. The second-order valence-corrected chi connectivity index (χ2v) is 7.39. The molecule has 1 aromatic heterocycles. The molecular formula is C19H22FNO3S. The summed E-state index contributed by atoms with van der Waals surface area (Å²) in [5, 5.41) is 2.79. The highest BCUT2D eigenvalue weighted by Gasteiger charge is 2.16. The Morgan fingerprint density at radius 3 is 2.52 bits per heavy atom. The number of aryl methyl sites for hydroxylation is 2. The minimum absolute atomic E-state index is 0.0276. The predicted molar refractivity (Wildman–Crippen MR) is 96.9 cm³/mol. The average Bonchev–Trinajstić information content (AvgIpc) is 2.91. The second kappa shape index (κ2) is 8.25. The number of amides is 1. The van der Waals surface area contributed by atoms with Crippen LogP contribution < -0.4 is 10.1 Å². The van der Waals surface area contributed by atoms with Gasteiger partial charge in [-0.1, -0.05) is 6.07 Å². The van der Waals surface area contributed by atoms with E-state index in [9.17, 15) is 14.0 Å². The Kier molecular flexibility index (Phi) is 6.31.